The molecule has 0 bridgehead atoms. The third-order valence-electron chi connectivity index (χ3n) is 2.37. The maximum Gasteiger partial charge on any atom is 0.314 e. The highest BCUT2D eigenvalue weighted by Crippen LogP contribution is 2.27. The summed E-state index contributed by atoms with van der Waals surface area (Å²) in [5.41, 5.74) is 0. The molecule has 0 rings (SSSR count). The summed E-state index contributed by atoms with van der Waals surface area (Å²) in [5.74, 6) is -1.05. The van der Waals surface area contributed by atoms with E-state index in [0.29, 0.717) is 13.2 Å². The average Bonchev–Trinajstić information content (AvgIpc) is 2.30. The van der Waals surface area contributed by atoms with Crippen LogP contribution in [0.1, 0.15) is 60.8 Å². The summed E-state index contributed by atoms with van der Waals surface area (Å²) in [6.45, 7) is 13.2. The molecule has 0 aliphatic heterocycles. The zero-order valence-electron chi connectivity index (χ0n) is 12.8. The number of rotatable bonds is 11. The van der Waals surface area contributed by atoms with Crippen molar-refractivity contribution in [3.63, 3.8) is 0 Å². The Kier molecular flexibility index (Phi) is 9.64. The third-order valence-corrected chi connectivity index (χ3v) is 2.37. The fraction of sp³-hybridized carbons (Fsp3) is 1.00. The van der Waals surface area contributed by atoms with Gasteiger partial charge in [0.25, 0.3) is 0 Å². The predicted molar refractivity (Wildman–Crippen MR) is 72.0 cm³/mol. The molecule has 0 fully saturated rings. The first-order chi connectivity index (χ1) is 8.48. The normalized spacial score (nSPS) is 15.3. The number of hydrogen-bond donors (Lipinski definition) is 0. The molecule has 0 aromatic rings. The maximum absolute atomic E-state index is 5.81. The van der Waals surface area contributed by atoms with E-state index < -0.39 is 5.97 Å². The van der Waals surface area contributed by atoms with Crippen molar-refractivity contribution in [2.75, 3.05) is 13.2 Å². The zero-order chi connectivity index (χ0) is 14.0. The van der Waals surface area contributed by atoms with Crippen molar-refractivity contribution < 1.29 is 19.2 Å². The first kappa shape index (κ1) is 17.8. The van der Waals surface area contributed by atoms with Crippen molar-refractivity contribution >= 4 is 0 Å². The molecule has 0 aromatic heterocycles. The second-order valence-electron chi connectivity index (χ2n) is 5.03. The second kappa shape index (κ2) is 9.73. The van der Waals surface area contributed by atoms with Crippen molar-refractivity contribution in [2.45, 2.75) is 72.9 Å². The van der Waals surface area contributed by atoms with Gasteiger partial charge in [-0.3, -0.25) is 0 Å². The molecule has 0 aliphatic carbocycles. The molecule has 0 amide bonds. The number of ether oxygens (including phenoxy) is 2. The van der Waals surface area contributed by atoms with Gasteiger partial charge in [-0.25, -0.2) is 4.89 Å². The minimum absolute atomic E-state index is 0.0130. The van der Waals surface area contributed by atoms with Crippen molar-refractivity contribution in [3.8, 4) is 0 Å². The fourth-order valence-corrected chi connectivity index (χ4v) is 1.38. The summed E-state index contributed by atoms with van der Waals surface area (Å²) in [7, 11) is 0. The smallest absolute Gasteiger partial charge is 0.314 e. The van der Waals surface area contributed by atoms with Crippen LogP contribution in [0.15, 0.2) is 0 Å². The Labute approximate surface area is 112 Å². The Bertz CT molecular complexity index is 194. The summed E-state index contributed by atoms with van der Waals surface area (Å²) in [6.07, 6.45) is 2.95. The van der Waals surface area contributed by atoms with Gasteiger partial charge in [-0.15, -0.1) is 0 Å². The Morgan fingerprint density at radius 2 is 1.61 bits per heavy atom. The van der Waals surface area contributed by atoms with Crippen LogP contribution < -0.4 is 0 Å². The van der Waals surface area contributed by atoms with Crippen LogP contribution in [0, 0.1) is 5.92 Å². The standard InChI is InChI=1S/C14H30O4/c1-7-9-11-16-18-14(12(3)4,15-10-8-2)17-13(5)6/h12-13H,7-11H2,1-6H3. The molecule has 0 aliphatic rings. The van der Waals surface area contributed by atoms with E-state index in [1.54, 1.807) is 0 Å². The molecule has 110 valence electrons. The predicted octanol–water partition coefficient (Wildman–Crippen LogP) is 3.90. The number of unbranched alkanes of at least 4 members (excludes halogenated alkanes) is 1. The summed E-state index contributed by atoms with van der Waals surface area (Å²) >= 11 is 0. The lowest BCUT2D eigenvalue weighted by atomic mass is 10.1. The molecule has 0 spiro atoms. The lowest BCUT2D eigenvalue weighted by Crippen LogP contribution is -2.46. The Hall–Kier alpha value is -0.160. The van der Waals surface area contributed by atoms with E-state index in [9.17, 15) is 0 Å². The van der Waals surface area contributed by atoms with Crippen molar-refractivity contribution in [1.29, 1.82) is 0 Å². The highest BCUT2D eigenvalue weighted by molar-refractivity contribution is 4.63. The topological polar surface area (TPSA) is 36.9 Å². The number of hydrogen-bond acceptors (Lipinski definition) is 4. The van der Waals surface area contributed by atoms with Crippen LogP contribution in [0.4, 0.5) is 0 Å². The van der Waals surface area contributed by atoms with Gasteiger partial charge in [0.2, 0.25) is 0 Å². The van der Waals surface area contributed by atoms with Crippen LogP contribution in [0.25, 0.3) is 0 Å². The Morgan fingerprint density at radius 1 is 0.944 bits per heavy atom. The molecule has 18 heavy (non-hydrogen) atoms. The third kappa shape index (κ3) is 6.69. The molecule has 0 aromatic carbocycles. The van der Waals surface area contributed by atoms with Crippen LogP contribution in [-0.2, 0) is 19.2 Å². The SMILES string of the molecule is CCCCOOC(OCCC)(OC(C)C)C(C)C. The second-order valence-corrected chi connectivity index (χ2v) is 5.03. The molecule has 1 atom stereocenters. The van der Waals surface area contributed by atoms with Gasteiger partial charge in [-0.2, -0.15) is 4.89 Å². The largest absolute Gasteiger partial charge is 0.325 e. The van der Waals surface area contributed by atoms with E-state index in [-0.39, 0.29) is 12.0 Å². The fourth-order valence-electron chi connectivity index (χ4n) is 1.38. The molecule has 1 unspecified atom stereocenters. The van der Waals surface area contributed by atoms with Crippen molar-refractivity contribution in [3.05, 3.63) is 0 Å². The van der Waals surface area contributed by atoms with Gasteiger partial charge in [0, 0.05) is 5.92 Å². The van der Waals surface area contributed by atoms with E-state index in [4.69, 9.17) is 19.2 Å². The monoisotopic (exact) mass is 262 g/mol. The first-order valence-electron chi connectivity index (χ1n) is 7.10. The summed E-state index contributed by atoms with van der Waals surface area (Å²) in [5, 5.41) is 0. The summed E-state index contributed by atoms with van der Waals surface area (Å²) in [4.78, 5) is 10.7. The van der Waals surface area contributed by atoms with Gasteiger partial charge in [0.05, 0.1) is 19.3 Å². The molecule has 0 saturated carbocycles. The van der Waals surface area contributed by atoms with E-state index >= 15 is 0 Å². The van der Waals surface area contributed by atoms with Crippen LogP contribution in [0.3, 0.4) is 0 Å². The van der Waals surface area contributed by atoms with Crippen molar-refractivity contribution in [1.82, 2.24) is 0 Å². The highest BCUT2D eigenvalue weighted by Gasteiger charge is 2.40. The lowest BCUT2D eigenvalue weighted by Gasteiger charge is -2.36. The van der Waals surface area contributed by atoms with Gasteiger partial charge >= 0.3 is 5.97 Å². The average molecular weight is 262 g/mol. The van der Waals surface area contributed by atoms with E-state index in [1.807, 2.05) is 27.7 Å². The van der Waals surface area contributed by atoms with Crippen LogP contribution in [0.5, 0.6) is 0 Å². The van der Waals surface area contributed by atoms with E-state index in [0.717, 1.165) is 19.3 Å². The molecule has 0 radical (unpaired) electrons. The minimum atomic E-state index is -1.10. The van der Waals surface area contributed by atoms with Crippen LogP contribution in [-0.4, -0.2) is 25.3 Å². The van der Waals surface area contributed by atoms with Gasteiger partial charge in [-0.05, 0) is 26.7 Å². The van der Waals surface area contributed by atoms with Crippen LogP contribution in [0.2, 0.25) is 0 Å². The molecular formula is C14H30O4. The van der Waals surface area contributed by atoms with Crippen LogP contribution >= 0.6 is 0 Å². The van der Waals surface area contributed by atoms with Gasteiger partial charge in [0.1, 0.15) is 0 Å². The van der Waals surface area contributed by atoms with E-state index in [1.165, 1.54) is 0 Å². The molecule has 4 heteroatoms. The molecular weight excluding hydrogens is 232 g/mol. The molecule has 4 nitrogen and oxygen atoms in total. The van der Waals surface area contributed by atoms with E-state index in [2.05, 4.69) is 13.8 Å². The quantitative estimate of drug-likeness (QED) is 0.245. The maximum atomic E-state index is 5.81. The Balaban J connectivity index is 4.50. The minimum Gasteiger partial charge on any atom is -0.325 e. The van der Waals surface area contributed by atoms with Crippen molar-refractivity contribution in [2.24, 2.45) is 5.92 Å². The Morgan fingerprint density at radius 3 is 2.06 bits per heavy atom. The summed E-state index contributed by atoms with van der Waals surface area (Å²) < 4.78 is 11.6. The highest BCUT2D eigenvalue weighted by atomic mass is 17.3. The molecule has 0 heterocycles. The first-order valence-corrected chi connectivity index (χ1v) is 7.10. The summed E-state index contributed by atoms with van der Waals surface area (Å²) in [6, 6.07) is 0. The van der Waals surface area contributed by atoms with Gasteiger partial charge in [-0.1, -0.05) is 34.1 Å². The molecule has 0 N–H and O–H groups in total. The van der Waals surface area contributed by atoms with Gasteiger partial charge < -0.3 is 9.47 Å². The molecule has 0 saturated heterocycles. The van der Waals surface area contributed by atoms with Gasteiger partial charge in [0.15, 0.2) is 0 Å². The lowest BCUT2D eigenvalue weighted by molar-refractivity contribution is -0.525. The zero-order valence-corrected chi connectivity index (χ0v) is 12.8.